The summed E-state index contributed by atoms with van der Waals surface area (Å²) >= 11 is 5.85. The fourth-order valence-electron chi connectivity index (χ4n) is 2.00. The van der Waals surface area contributed by atoms with Gasteiger partial charge in [-0.2, -0.15) is 0 Å². The van der Waals surface area contributed by atoms with E-state index in [2.05, 4.69) is 29.6 Å². The van der Waals surface area contributed by atoms with Crippen molar-refractivity contribution in [2.75, 3.05) is 0 Å². The van der Waals surface area contributed by atoms with Crippen LogP contribution in [0, 0.1) is 0 Å². The minimum Gasteiger partial charge on any atom is -0.306 e. The lowest BCUT2D eigenvalue weighted by Gasteiger charge is -2.13. The van der Waals surface area contributed by atoms with Gasteiger partial charge < -0.3 is 5.32 Å². The van der Waals surface area contributed by atoms with Crippen molar-refractivity contribution in [1.29, 1.82) is 0 Å². The SMILES string of the molecule is Clc1ccc(CNC2C=CCCCC2)cc1. The second-order valence-electron chi connectivity index (χ2n) is 4.33. The van der Waals surface area contributed by atoms with Crippen molar-refractivity contribution in [2.45, 2.75) is 38.3 Å². The molecule has 16 heavy (non-hydrogen) atoms. The molecule has 1 aromatic rings. The molecule has 0 bridgehead atoms. The van der Waals surface area contributed by atoms with Gasteiger partial charge >= 0.3 is 0 Å². The Labute approximate surface area is 103 Å². The van der Waals surface area contributed by atoms with E-state index >= 15 is 0 Å². The van der Waals surface area contributed by atoms with Gasteiger partial charge in [0.05, 0.1) is 0 Å². The summed E-state index contributed by atoms with van der Waals surface area (Å²) in [4.78, 5) is 0. The molecular formula is C14H18ClN. The van der Waals surface area contributed by atoms with E-state index in [0.29, 0.717) is 6.04 Å². The highest BCUT2D eigenvalue weighted by molar-refractivity contribution is 6.30. The lowest BCUT2D eigenvalue weighted by molar-refractivity contribution is 0.538. The lowest BCUT2D eigenvalue weighted by atomic mass is 10.1. The minimum absolute atomic E-state index is 0.540. The van der Waals surface area contributed by atoms with Gasteiger partial charge in [-0.05, 0) is 37.0 Å². The predicted molar refractivity (Wildman–Crippen MR) is 69.7 cm³/mol. The summed E-state index contributed by atoms with van der Waals surface area (Å²) in [7, 11) is 0. The van der Waals surface area contributed by atoms with Gasteiger partial charge in [0.25, 0.3) is 0 Å². The molecule has 1 aliphatic carbocycles. The first-order valence-corrected chi connectivity index (χ1v) is 6.37. The van der Waals surface area contributed by atoms with E-state index in [9.17, 15) is 0 Å². The fourth-order valence-corrected chi connectivity index (χ4v) is 2.13. The van der Waals surface area contributed by atoms with Crippen molar-refractivity contribution in [2.24, 2.45) is 0 Å². The second-order valence-corrected chi connectivity index (χ2v) is 4.76. The molecule has 86 valence electrons. The molecule has 1 aromatic carbocycles. The Morgan fingerprint density at radius 3 is 2.81 bits per heavy atom. The van der Waals surface area contributed by atoms with Crippen LogP contribution in [0.15, 0.2) is 36.4 Å². The number of nitrogens with one attached hydrogen (secondary N) is 1. The number of hydrogen-bond donors (Lipinski definition) is 1. The highest BCUT2D eigenvalue weighted by Gasteiger charge is 2.06. The Hall–Kier alpha value is -0.790. The van der Waals surface area contributed by atoms with E-state index < -0.39 is 0 Å². The zero-order valence-electron chi connectivity index (χ0n) is 9.45. The van der Waals surface area contributed by atoms with Crippen LogP contribution in [-0.4, -0.2) is 6.04 Å². The molecule has 0 aliphatic heterocycles. The summed E-state index contributed by atoms with van der Waals surface area (Å²) in [5.74, 6) is 0. The molecule has 1 nitrogen and oxygen atoms in total. The molecule has 1 aliphatic rings. The summed E-state index contributed by atoms with van der Waals surface area (Å²) in [6.07, 6.45) is 9.75. The van der Waals surface area contributed by atoms with Gasteiger partial charge in [0.15, 0.2) is 0 Å². The van der Waals surface area contributed by atoms with E-state index in [-0.39, 0.29) is 0 Å². The first kappa shape index (κ1) is 11.7. The van der Waals surface area contributed by atoms with Crippen LogP contribution in [-0.2, 0) is 6.54 Å². The average Bonchev–Trinajstić information content (AvgIpc) is 2.57. The van der Waals surface area contributed by atoms with Crippen molar-refractivity contribution in [3.63, 3.8) is 0 Å². The Morgan fingerprint density at radius 2 is 2.00 bits per heavy atom. The normalized spacial score (nSPS) is 20.7. The van der Waals surface area contributed by atoms with Crippen LogP contribution in [0.4, 0.5) is 0 Å². The van der Waals surface area contributed by atoms with Crippen molar-refractivity contribution < 1.29 is 0 Å². The molecular weight excluding hydrogens is 218 g/mol. The van der Waals surface area contributed by atoms with E-state index in [1.807, 2.05) is 12.1 Å². The van der Waals surface area contributed by atoms with Crippen molar-refractivity contribution in [3.8, 4) is 0 Å². The highest BCUT2D eigenvalue weighted by Crippen LogP contribution is 2.13. The molecule has 1 N–H and O–H groups in total. The zero-order chi connectivity index (χ0) is 11.2. The molecule has 1 atom stereocenters. The molecule has 0 spiro atoms. The van der Waals surface area contributed by atoms with Crippen LogP contribution < -0.4 is 5.32 Å². The summed E-state index contributed by atoms with van der Waals surface area (Å²) in [5.41, 5.74) is 1.29. The largest absolute Gasteiger partial charge is 0.306 e. The van der Waals surface area contributed by atoms with Crippen molar-refractivity contribution in [1.82, 2.24) is 5.32 Å². The molecule has 0 saturated heterocycles. The van der Waals surface area contributed by atoms with Gasteiger partial charge in [-0.1, -0.05) is 42.3 Å². The van der Waals surface area contributed by atoms with Gasteiger partial charge in [-0.3, -0.25) is 0 Å². The molecule has 2 rings (SSSR count). The maximum atomic E-state index is 5.85. The Balaban J connectivity index is 1.84. The number of benzene rings is 1. The molecule has 2 heteroatoms. The van der Waals surface area contributed by atoms with Gasteiger partial charge in [0.2, 0.25) is 0 Å². The standard InChI is InChI=1S/C14H18ClN/c15-13-9-7-12(8-10-13)11-16-14-5-3-1-2-4-6-14/h3,5,7-10,14,16H,1-2,4,6,11H2. The number of halogens is 1. The molecule has 0 amide bonds. The average molecular weight is 236 g/mol. The van der Waals surface area contributed by atoms with Crippen LogP contribution in [0.3, 0.4) is 0 Å². The van der Waals surface area contributed by atoms with Crippen molar-refractivity contribution >= 4 is 11.6 Å². The molecule has 1 unspecified atom stereocenters. The number of allylic oxidation sites excluding steroid dienone is 1. The minimum atomic E-state index is 0.540. The Kier molecular flexibility index (Phi) is 4.44. The quantitative estimate of drug-likeness (QED) is 0.783. The van der Waals surface area contributed by atoms with Crippen LogP contribution in [0.5, 0.6) is 0 Å². The van der Waals surface area contributed by atoms with Gasteiger partial charge in [0, 0.05) is 17.6 Å². The third-order valence-electron chi connectivity index (χ3n) is 2.99. The van der Waals surface area contributed by atoms with E-state index in [1.54, 1.807) is 0 Å². The molecule has 0 radical (unpaired) electrons. The van der Waals surface area contributed by atoms with Gasteiger partial charge in [-0.25, -0.2) is 0 Å². The maximum Gasteiger partial charge on any atom is 0.0406 e. The summed E-state index contributed by atoms with van der Waals surface area (Å²) in [6, 6.07) is 8.59. The summed E-state index contributed by atoms with van der Waals surface area (Å²) in [5, 5.41) is 4.37. The number of rotatable bonds is 3. The third-order valence-corrected chi connectivity index (χ3v) is 3.24. The third kappa shape index (κ3) is 3.66. The van der Waals surface area contributed by atoms with E-state index in [1.165, 1.54) is 31.2 Å². The monoisotopic (exact) mass is 235 g/mol. The van der Waals surface area contributed by atoms with Crippen LogP contribution in [0.2, 0.25) is 5.02 Å². The van der Waals surface area contributed by atoms with E-state index in [0.717, 1.165) is 11.6 Å². The van der Waals surface area contributed by atoms with E-state index in [4.69, 9.17) is 11.6 Å². The molecule has 0 heterocycles. The lowest BCUT2D eigenvalue weighted by Crippen LogP contribution is -2.26. The molecule has 0 aromatic heterocycles. The van der Waals surface area contributed by atoms with Gasteiger partial charge in [0.1, 0.15) is 0 Å². The second kappa shape index (κ2) is 6.07. The summed E-state index contributed by atoms with van der Waals surface area (Å²) < 4.78 is 0. The Morgan fingerprint density at radius 1 is 1.19 bits per heavy atom. The Bertz CT molecular complexity index is 342. The molecule has 0 saturated carbocycles. The van der Waals surface area contributed by atoms with Crippen LogP contribution in [0.1, 0.15) is 31.2 Å². The van der Waals surface area contributed by atoms with Crippen molar-refractivity contribution in [3.05, 3.63) is 47.0 Å². The maximum absolute atomic E-state index is 5.85. The summed E-state index contributed by atoms with van der Waals surface area (Å²) in [6.45, 7) is 0.923. The predicted octanol–water partition coefficient (Wildman–Crippen LogP) is 3.93. The van der Waals surface area contributed by atoms with Crippen LogP contribution in [0.25, 0.3) is 0 Å². The van der Waals surface area contributed by atoms with Crippen LogP contribution >= 0.6 is 11.6 Å². The number of hydrogen-bond acceptors (Lipinski definition) is 1. The first-order chi connectivity index (χ1) is 7.84. The zero-order valence-corrected chi connectivity index (χ0v) is 10.2. The first-order valence-electron chi connectivity index (χ1n) is 5.99. The van der Waals surface area contributed by atoms with Gasteiger partial charge in [-0.15, -0.1) is 0 Å². The highest BCUT2D eigenvalue weighted by atomic mass is 35.5. The molecule has 0 fully saturated rings. The smallest absolute Gasteiger partial charge is 0.0406 e. The fraction of sp³-hybridized carbons (Fsp3) is 0.429. The topological polar surface area (TPSA) is 12.0 Å².